The van der Waals surface area contributed by atoms with Gasteiger partial charge in [0, 0.05) is 31.0 Å². The third-order valence-electron chi connectivity index (χ3n) is 3.74. The van der Waals surface area contributed by atoms with Crippen molar-refractivity contribution in [1.29, 1.82) is 0 Å². The maximum atomic E-state index is 12.1. The Morgan fingerprint density at radius 1 is 1.17 bits per heavy atom. The normalized spacial score (nSPS) is 17.2. The third-order valence-corrected chi connectivity index (χ3v) is 3.99. The van der Waals surface area contributed by atoms with E-state index in [0.717, 1.165) is 0 Å². The van der Waals surface area contributed by atoms with Gasteiger partial charge in [-0.1, -0.05) is 11.6 Å². The van der Waals surface area contributed by atoms with Crippen LogP contribution in [0.2, 0.25) is 5.02 Å². The molecule has 1 aromatic carbocycles. The topological polar surface area (TPSA) is 76.1 Å². The Morgan fingerprint density at radius 2 is 1.71 bits per heavy atom. The molecule has 7 heteroatoms. The highest BCUT2D eigenvalue weighted by atomic mass is 35.5. The number of carbonyl (C=O) groups excluding carboxylic acids is 1. The summed E-state index contributed by atoms with van der Waals surface area (Å²) in [6, 6.07) is 6.55. The summed E-state index contributed by atoms with van der Waals surface area (Å²) >= 11 is 5.83. The second kappa shape index (κ2) is 6.89. The van der Waals surface area contributed by atoms with Gasteiger partial charge in [0.2, 0.25) is 5.60 Å². The molecule has 0 aliphatic carbocycles. The van der Waals surface area contributed by atoms with Gasteiger partial charge in [-0.2, -0.15) is 0 Å². The van der Waals surface area contributed by atoms with Crippen LogP contribution < -0.4 is 4.74 Å². The Balaban J connectivity index is 2.05. The Labute approximate surface area is 146 Å². The number of halogens is 1. The molecule has 0 atom stereocenters. The summed E-state index contributed by atoms with van der Waals surface area (Å²) in [5.41, 5.74) is -1.94. The predicted octanol–water partition coefficient (Wildman–Crippen LogP) is 3.57. The molecule has 24 heavy (non-hydrogen) atoms. The zero-order valence-electron chi connectivity index (χ0n) is 14.0. The second-order valence-corrected chi connectivity index (χ2v) is 7.26. The number of carboxylic acid groups (broad SMARTS) is 1. The lowest BCUT2D eigenvalue weighted by Gasteiger charge is -2.39. The van der Waals surface area contributed by atoms with Gasteiger partial charge in [-0.3, -0.25) is 0 Å². The molecule has 1 aliphatic heterocycles. The van der Waals surface area contributed by atoms with Crippen LogP contribution in [-0.4, -0.2) is 46.4 Å². The van der Waals surface area contributed by atoms with Crippen molar-refractivity contribution < 1.29 is 24.2 Å². The van der Waals surface area contributed by atoms with E-state index >= 15 is 0 Å². The van der Waals surface area contributed by atoms with Crippen molar-refractivity contribution in [1.82, 2.24) is 4.90 Å². The van der Waals surface area contributed by atoms with Crippen LogP contribution in [0, 0.1) is 0 Å². The lowest BCUT2D eigenvalue weighted by molar-refractivity contribution is -0.159. The number of carbonyl (C=O) groups is 2. The van der Waals surface area contributed by atoms with E-state index in [0.29, 0.717) is 10.8 Å². The number of amides is 1. The molecule has 0 saturated carbocycles. The molecule has 1 aromatic rings. The fraction of sp³-hybridized carbons (Fsp3) is 0.529. The van der Waals surface area contributed by atoms with Gasteiger partial charge >= 0.3 is 12.1 Å². The van der Waals surface area contributed by atoms with Crippen LogP contribution in [0.25, 0.3) is 0 Å². The van der Waals surface area contributed by atoms with Crippen LogP contribution >= 0.6 is 11.6 Å². The Morgan fingerprint density at radius 3 is 2.17 bits per heavy atom. The number of likely N-dealkylation sites (tertiary alicyclic amines) is 1. The number of nitrogens with zero attached hydrogens (tertiary/aromatic N) is 1. The molecular formula is C17H22ClNO5. The third kappa shape index (κ3) is 4.54. The van der Waals surface area contributed by atoms with Gasteiger partial charge < -0.3 is 19.5 Å². The van der Waals surface area contributed by atoms with E-state index in [2.05, 4.69) is 0 Å². The molecule has 1 fully saturated rings. The largest absolute Gasteiger partial charge is 0.478 e. The van der Waals surface area contributed by atoms with Crippen LogP contribution in [0.3, 0.4) is 0 Å². The average molecular weight is 356 g/mol. The van der Waals surface area contributed by atoms with Gasteiger partial charge in [0.15, 0.2) is 0 Å². The molecule has 1 saturated heterocycles. The SMILES string of the molecule is CC(C)(C)OC(=O)N1CCC(Oc2ccc(Cl)cc2)(C(=O)O)CC1. The number of hydrogen-bond donors (Lipinski definition) is 1. The molecule has 1 heterocycles. The lowest BCUT2D eigenvalue weighted by Crippen LogP contribution is -2.54. The molecule has 0 bridgehead atoms. The van der Waals surface area contributed by atoms with Gasteiger partial charge in [0.05, 0.1) is 0 Å². The lowest BCUT2D eigenvalue weighted by atomic mass is 9.91. The summed E-state index contributed by atoms with van der Waals surface area (Å²) in [4.78, 5) is 25.4. The minimum atomic E-state index is -1.35. The van der Waals surface area contributed by atoms with Crippen LogP contribution in [0.15, 0.2) is 24.3 Å². The number of carboxylic acids is 1. The molecular weight excluding hydrogens is 334 g/mol. The maximum Gasteiger partial charge on any atom is 0.410 e. The van der Waals surface area contributed by atoms with Crippen molar-refractivity contribution in [3.8, 4) is 5.75 Å². The highest BCUT2D eigenvalue weighted by Crippen LogP contribution is 2.30. The van der Waals surface area contributed by atoms with E-state index in [1.807, 2.05) is 0 Å². The number of benzene rings is 1. The van der Waals surface area contributed by atoms with Gasteiger partial charge in [-0.25, -0.2) is 9.59 Å². The molecule has 132 valence electrons. The Kier molecular flexibility index (Phi) is 5.28. The molecule has 2 rings (SSSR count). The molecule has 6 nitrogen and oxygen atoms in total. The monoisotopic (exact) mass is 355 g/mol. The van der Waals surface area contributed by atoms with E-state index in [9.17, 15) is 14.7 Å². The summed E-state index contributed by atoms with van der Waals surface area (Å²) in [5.74, 6) is -0.603. The van der Waals surface area contributed by atoms with E-state index in [-0.39, 0.29) is 25.9 Å². The highest BCUT2D eigenvalue weighted by Gasteiger charge is 2.45. The second-order valence-electron chi connectivity index (χ2n) is 6.82. The number of hydrogen-bond acceptors (Lipinski definition) is 4. The van der Waals surface area contributed by atoms with Gasteiger partial charge in [0.25, 0.3) is 0 Å². The fourth-order valence-electron chi connectivity index (χ4n) is 2.46. The number of aliphatic carboxylic acids is 1. The first-order valence-corrected chi connectivity index (χ1v) is 8.15. The maximum absolute atomic E-state index is 12.1. The van der Waals surface area contributed by atoms with Gasteiger partial charge in [-0.15, -0.1) is 0 Å². The predicted molar refractivity (Wildman–Crippen MR) is 89.5 cm³/mol. The summed E-state index contributed by atoms with van der Waals surface area (Å²) in [6.45, 7) is 5.89. The highest BCUT2D eigenvalue weighted by molar-refractivity contribution is 6.30. The first-order chi connectivity index (χ1) is 11.1. The molecule has 1 amide bonds. The zero-order valence-corrected chi connectivity index (χ0v) is 14.8. The molecule has 0 radical (unpaired) electrons. The fourth-order valence-corrected chi connectivity index (χ4v) is 2.59. The van der Waals surface area contributed by atoms with Gasteiger partial charge in [0.1, 0.15) is 11.4 Å². The minimum Gasteiger partial charge on any atom is -0.478 e. The minimum absolute atomic E-state index is 0.185. The zero-order chi connectivity index (χ0) is 18.0. The van der Waals surface area contributed by atoms with Crippen LogP contribution in [0.5, 0.6) is 5.75 Å². The van der Waals surface area contributed by atoms with Crippen LogP contribution in [0.1, 0.15) is 33.6 Å². The van der Waals surface area contributed by atoms with Crippen molar-refractivity contribution in [2.45, 2.75) is 44.8 Å². The van der Waals surface area contributed by atoms with Gasteiger partial charge in [-0.05, 0) is 45.0 Å². The summed E-state index contributed by atoms with van der Waals surface area (Å²) < 4.78 is 11.1. The van der Waals surface area contributed by atoms with Crippen molar-refractivity contribution >= 4 is 23.7 Å². The summed E-state index contributed by atoms with van der Waals surface area (Å²) in [7, 11) is 0. The summed E-state index contributed by atoms with van der Waals surface area (Å²) in [5, 5.41) is 10.2. The smallest absolute Gasteiger partial charge is 0.410 e. The first-order valence-electron chi connectivity index (χ1n) is 7.77. The van der Waals surface area contributed by atoms with Crippen LogP contribution in [-0.2, 0) is 9.53 Å². The quantitative estimate of drug-likeness (QED) is 0.896. The molecule has 0 spiro atoms. The number of rotatable bonds is 3. The van der Waals surface area contributed by atoms with Crippen molar-refractivity contribution in [2.24, 2.45) is 0 Å². The van der Waals surface area contributed by atoms with E-state index in [4.69, 9.17) is 21.1 Å². The molecule has 0 unspecified atom stereocenters. The van der Waals surface area contributed by atoms with Crippen molar-refractivity contribution in [3.05, 3.63) is 29.3 Å². The Bertz CT molecular complexity index is 600. The molecule has 0 aromatic heterocycles. The number of piperidine rings is 1. The average Bonchev–Trinajstić information content (AvgIpc) is 2.48. The van der Waals surface area contributed by atoms with E-state index in [1.165, 1.54) is 4.90 Å². The Hall–Kier alpha value is -1.95. The summed E-state index contributed by atoms with van der Waals surface area (Å²) in [6.07, 6.45) is -0.0676. The standard InChI is InChI=1S/C17H22ClNO5/c1-16(2,3)24-15(22)19-10-8-17(9-11-19,14(20)21)23-13-6-4-12(18)5-7-13/h4-7H,8-11H2,1-3H3,(H,20,21). The first kappa shape index (κ1) is 18.4. The van der Waals surface area contributed by atoms with Crippen molar-refractivity contribution in [2.75, 3.05) is 13.1 Å². The van der Waals surface area contributed by atoms with Crippen LogP contribution in [0.4, 0.5) is 4.79 Å². The van der Waals surface area contributed by atoms with Crippen molar-refractivity contribution in [3.63, 3.8) is 0 Å². The molecule has 1 N–H and O–H groups in total. The molecule has 1 aliphatic rings. The number of ether oxygens (including phenoxy) is 2. The van der Waals surface area contributed by atoms with E-state index < -0.39 is 23.3 Å². The van der Waals surface area contributed by atoms with E-state index in [1.54, 1.807) is 45.0 Å².